The van der Waals surface area contributed by atoms with Crippen molar-refractivity contribution in [2.24, 2.45) is 0 Å². The molecule has 48 valence electrons. The van der Waals surface area contributed by atoms with Gasteiger partial charge in [0.15, 0.2) is 11.5 Å². The van der Waals surface area contributed by atoms with Gasteiger partial charge >= 0.3 is 0 Å². The second-order valence-corrected chi connectivity index (χ2v) is 1.62. The zero-order valence-corrected chi connectivity index (χ0v) is 4.88. The standard InChI is InChI=1S/C4H6N4O/c1-2(5)3-4(6)8-9-7-3/h5H,1H3,(H2,6,8). The first-order chi connectivity index (χ1) is 4.22. The van der Waals surface area contributed by atoms with Crippen molar-refractivity contribution in [3.05, 3.63) is 5.69 Å². The van der Waals surface area contributed by atoms with Crippen molar-refractivity contribution >= 4 is 11.5 Å². The third-order valence-electron chi connectivity index (χ3n) is 0.869. The molecule has 9 heavy (non-hydrogen) atoms. The number of nitrogens with two attached hydrogens (primary N) is 1. The Morgan fingerprint density at radius 1 is 1.67 bits per heavy atom. The van der Waals surface area contributed by atoms with Gasteiger partial charge in [-0.1, -0.05) is 0 Å². The number of nitrogens with zero attached hydrogens (tertiary/aromatic N) is 2. The van der Waals surface area contributed by atoms with Gasteiger partial charge in [-0.2, -0.15) is 0 Å². The van der Waals surface area contributed by atoms with E-state index in [9.17, 15) is 0 Å². The van der Waals surface area contributed by atoms with E-state index in [1.54, 1.807) is 6.92 Å². The van der Waals surface area contributed by atoms with Crippen LogP contribution in [0.4, 0.5) is 5.82 Å². The van der Waals surface area contributed by atoms with Crippen molar-refractivity contribution in [2.75, 3.05) is 5.73 Å². The van der Waals surface area contributed by atoms with E-state index in [0.29, 0.717) is 5.69 Å². The quantitative estimate of drug-likeness (QED) is 0.520. The number of aromatic nitrogens is 2. The molecule has 0 spiro atoms. The number of hydrogen-bond donors (Lipinski definition) is 2. The van der Waals surface area contributed by atoms with Gasteiger partial charge in [0.1, 0.15) is 0 Å². The molecule has 0 aromatic carbocycles. The first kappa shape index (κ1) is 5.74. The van der Waals surface area contributed by atoms with Crippen molar-refractivity contribution in [1.82, 2.24) is 10.3 Å². The van der Waals surface area contributed by atoms with Crippen molar-refractivity contribution in [2.45, 2.75) is 6.92 Å². The molecular weight excluding hydrogens is 120 g/mol. The zero-order valence-electron chi connectivity index (χ0n) is 4.88. The Bertz CT molecular complexity index is 228. The van der Waals surface area contributed by atoms with Crippen LogP contribution in [0.2, 0.25) is 0 Å². The van der Waals surface area contributed by atoms with Crippen molar-refractivity contribution in [1.29, 1.82) is 5.41 Å². The van der Waals surface area contributed by atoms with Crippen LogP contribution in [0.15, 0.2) is 4.63 Å². The lowest BCUT2D eigenvalue weighted by Crippen LogP contribution is -1.97. The summed E-state index contributed by atoms with van der Waals surface area (Å²) in [7, 11) is 0. The van der Waals surface area contributed by atoms with Crippen LogP contribution < -0.4 is 5.73 Å². The molecule has 0 saturated heterocycles. The van der Waals surface area contributed by atoms with Gasteiger partial charge in [0, 0.05) is 0 Å². The third-order valence-corrected chi connectivity index (χ3v) is 0.869. The van der Waals surface area contributed by atoms with E-state index in [-0.39, 0.29) is 11.5 Å². The van der Waals surface area contributed by atoms with Gasteiger partial charge in [-0.3, -0.25) is 0 Å². The monoisotopic (exact) mass is 126 g/mol. The molecule has 0 unspecified atom stereocenters. The largest absolute Gasteiger partial charge is 0.379 e. The van der Waals surface area contributed by atoms with Gasteiger partial charge in [-0.25, -0.2) is 4.63 Å². The SMILES string of the molecule is CC(=N)c1nonc1N. The van der Waals surface area contributed by atoms with Crippen LogP contribution in [0.25, 0.3) is 0 Å². The van der Waals surface area contributed by atoms with Gasteiger partial charge in [-0.15, -0.1) is 0 Å². The Balaban J connectivity index is 3.08. The minimum Gasteiger partial charge on any atom is -0.379 e. The van der Waals surface area contributed by atoms with Gasteiger partial charge < -0.3 is 11.1 Å². The van der Waals surface area contributed by atoms with E-state index in [1.165, 1.54) is 0 Å². The van der Waals surface area contributed by atoms with Gasteiger partial charge in [0.2, 0.25) is 0 Å². The summed E-state index contributed by atoms with van der Waals surface area (Å²) >= 11 is 0. The zero-order chi connectivity index (χ0) is 6.85. The van der Waals surface area contributed by atoms with Crippen molar-refractivity contribution < 1.29 is 4.63 Å². The molecule has 0 aliphatic carbocycles. The van der Waals surface area contributed by atoms with E-state index >= 15 is 0 Å². The van der Waals surface area contributed by atoms with Crippen molar-refractivity contribution in [3.8, 4) is 0 Å². The summed E-state index contributed by atoms with van der Waals surface area (Å²) in [5.41, 5.74) is 5.81. The Kier molecular flexibility index (Phi) is 1.18. The smallest absolute Gasteiger partial charge is 0.197 e. The topological polar surface area (TPSA) is 88.8 Å². The predicted octanol–water partition coefficient (Wildman–Crippen LogP) is 0.0396. The summed E-state index contributed by atoms with van der Waals surface area (Å²) in [6, 6.07) is 0. The highest BCUT2D eigenvalue weighted by molar-refractivity contribution is 5.97. The molecule has 0 aliphatic rings. The van der Waals surface area contributed by atoms with Crippen LogP contribution in [0.5, 0.6) is 0 Å². The molecule has 0 bridgehead atoms. The second-order valence-electron chi connectivity index (χ2n) is 1.62. The molecule has 0 radical (unpaired) electrons. The molecule has 3 N–H and O–H groups in total. The fourth-order valence-electron chi connectivity index (χ4n) is 0.456. The first-order valence-electron chi connectivity index (χ1n) is 2.35. The summed E-state index contributed by atoms with van der Waals surface area (Å²) in [5.74, 6) is 0.169. The maximum atomic E-state index is 7.05. The minimum atomic E-state index is 0.169. The highest BCUT2D eigenvalue weighted by atomic mass is 16.6. The maximum absolute atomic E-state index is 7.05. The predicted molar refractivity (Wildman–Crippen MR) is 31.2 cm³/mol. The molecule has 1 rings (SSSR count). The molecule has 0 aliphatic heterocycles. The van der Waals surface area contributed by atoms with Crippen LogP contribution in [-0.2, 0) is 0 Å². The molecule has 1 aromatic rings. The Hall–Kier alpha value is -1.39. The highest BCUT2D eigenvalue weighted by Gasteiger charge is 2.05. The first-order valence-corrected chi connectivity index (χ1v) is 2.35. The normalized spacial score (nSPS) is 9.44. The third kappa shape index (κ3) is 0.883. The summed E-state index contributed by atoms with van der Waals surface area (Å²) in [4.78, 5) is 0. The Morgan fingerprint density at radius 3 is 2.56 bits per heavy atom. The average Bonchev–Trinajstić information content (AvgIpc) is 2.13. The lowest BCUT2D eigenvalue weighted by atomic mass is 10.3. The number of nitrogen functional groups attached to an aromatic ring is 1. The second kappa shape index (κ2) is 1.85. The van der Waals surface area contributed by atoms with Crippen LogP contribution in [0.3, 0.4) is 0 Å². The van der Waals surface area contributed by atoms with E-state index in [1.807, 2.05) is 0 Å². The number of nitrogens with one attached hydrogen (secondary N) is 1. The van der Waals surface area contributed by atoms with Crippen LogP contribution in [0.1, 0.15) is 12.6 Å². The Labute approximate surface area is 51.3 Å². The van der Waals surface area contributed by atoms with E-state index in [2.05, 4.69) is 14.9 Å². The summed E-state index contributed by atoms with van der Waals surface area (Å²) < 4.78 is 4.24. The highest BCUT2D eigenvalue weighted by Crippen LogP contribution is 2.02. The van der Waals surface area contributed by atoms with Gasteiger partial charge in [-0.05, 0) is 17.2 Å². The fraction of sp³-hybridized carbons (Fsp3) is 0.250. The molecule has 1 heterocycles. The number of rotatable bonds is 1. The lowest BCUT2D eigenvalue weighted by Gasteiger charge is -1.84. The summed E-state index contributed by atoms with van der Waals surface area (Å²) in [5, 5.41) is 13.7. The van der Waals surface area contributed by atoms with Crippen LogP contribution in [-0.4, -0.2) is 16.0 Å². The molecule has 5 nitrogen and oxygen atoms in total. The van der Waals surface area contributed by atoms with Crippen LogP contribution in [0, 0.1) is 5.41 Å². The van der Waals surface area contributed by atoms with Gasteiger partial charge in [0.05, 0.1) is 5.71 Å². The van der Waals surface area contributed by atoms with Crippen molar-refractivity contribution in [3.63, 3.8) is 0 Å². The molecular formula is C4H6N4O. The molecule has 0 atom stereocenters. The van der Waals surface area contributed by atoms with E-state index < -0.39 is 0 Å². The lowest BCUT2D eigenvalue weighted by molar-refractivity contribution is 0.308. The minimum absolute atomic E-state index is 0.169. The summed E-state index contributed by atoms with van der Waals surface area (Å²) in [6.07, 6.45) is 0. The Morgan fingerprint density at radius 2 is 2.33 bits per heavy atom. The maximum Gasteiger partial charge on any atom is 0.197 e. The average molecular weight is 126 g/mol. The van der Waals surface area contributed by atoms with E-state index in [4.69, 9.17) is 11.1 Å². The number of anilines is 1. The molecule has 0 amide bonds. The molecule has 0 fully saturated rings. The molecule has 5 heteroatoms. The van der Waals surface area contributed by atoms with Gasteiger partial charge in [0.25, 0.3) is 0 Å². The van der Waals surface area contributed by atoms with E-state index in [0.717, 1.165) is 0 Å². The fourth-order valence-corrected chi connectivity index (χ4v) is 0.456. The molecule has 1 aromatic heterocycles. The molecule has 0 saturated carbocycles. The summed E-state index contributed by atoms with van der Waals surface area (Å²) in [6.45, 7) is 1.57. The van der Waals surface area contributed by atoms with Crippen LogP contribution >= 0.6 is 0 Å². The number of hydrogen-bond acceptors (Lipinski definition) is 5.